The molecule has 2 saturated heterocycles. The quantitative estimate of drug-likeness (QED) is 0.343. The standard InChI is InChI=1S/C24H30FN5O4/c1-28-12-17(5-6-22(28)31)29-9-7-18(8-10-29)34-19-13-30(14-19)20-4-2-3-16(24(20)25)15-33-23(32)11-21(26)27/h2-6,12,18-19H,7-11,13-15H2,1H3,(H3,26,27). The Morgan fingerprint density at radius 1 is 1.15 bits per heavy atom. The summed E-state index contributed by atoms with van der Waals surface area (Å²) in [5.74, 6) is -1.36. The number of ether oxygens (including phenoxy) is 2. The fraction of sp³-hybridized carbons (Fsp3) is 0.458. The van der Waals surface area contributed by atoms with Gasteiger partial charge < -0.3 is 29.6 Å². The number of carbonyl (C=O) groups excluding carboxylic acids is 1. The number of rotatable bonds is 8. The highest BCUT2D eigenvalue weighted by atomic mass is 19.1. The first kappa shape index (κ1) is 23.7. The van der Waals surface area contributed by atoms with Crippen LogP contribution in [0.5, 0.6) is 0 Å². The number of piperidine rings is 1. The number of hydrogen-bond donors (Lipinski definition) is 2. The zero-order valence-electron chi connectivity index (χ0n) is 19.2. The van der Waals surface area contributed by atoms with Gasteiger partial charge in [0.2, 0.25) is 5.56 Å². The van der Waals surface area contributed by atoms with Gasteiger partial charge in [-0.1, -0.05) is 12.1 Å². The summed E-state index contributed by atoms with van der Waals surface area (Å²) >= 11 is 0. The number of hydrogen-bond acceptors (Lipinski definition) is 7. The van der Waals surface area contributed by atoms with E-state index in [1.165, 1.54) is 0 Å². The molecule has 0 aliphatic carbocycles. The molecule has 182 valence electrons. The van der Waals surface area contributed by atoms with Gasteiger partial charge in [0.1, 0.15) is 18.9 Å². The third kappa shape index (κ3) is 5.56. The zero-order chi connectivity index (χ0) is 24.2. The van der Waals surface area contributed by atoms with E-state index in [1.54, 1.807) is 35.9 Å². The van der Waals surface area contributed by atoms with Crippen LogP contribution in [0.1, 0.15) is 24.8 Å². The Morgan fingerprint density at radius 3 is 2.56 bits per heavy atom. The molecule has 2 fully saturated rings. The molecule has 3 heterocycles. The van der Waals surface area contributed by atoms with Crippen LogP contribution in [0.3, 0.4) is 0 Å². The molecule has 0 bridgehead atoms. The Kier molecular flexibility index (Phi) is 7.16. The van der Waals surface area contributed by atoms with Crippen molar-refractivity contribution in [3.63, 3.8) is 0 Å². The number of anilines is 2. The lowest BCUT2D eigenvalue weighted by Gasteiger charge is -2.44. The molecule has 0 atom stereocenters. The third-order valence-corrected chi connectivity index (χ3v) is 6.23. The van der Waals surface area contributed by atoms with E-state index in [0.29, 0.717) is 18.8 Å². The molecule has 4 rings (SSSR count). The van der Waals surface area contributed by atoms with Gasteiger partial charge in [-0.2, -0.15) is 0 Å². The van der Waals surface area contributed by atoms with E-state index in [1.807, 2.05) is 17.2 Å². The maximum absolute atomic E-state index is 14.9. The van der Waals surface area contributed by atoms with Crippen LogP contribution in [0.2, 0.25) is 0 Å². The Labute approximate surface area is 197 Å². The fourth-order valence-corrected chi connectivity index (χ4v) is 4.30. The summed E-state index contributed by atoms with van der Waals surface area (Å²) in [7, 11) is 1.75. The molecule has 0 spiro atoms. The summed E-state index contributed by atoms with van der Waals surface area (Å²) in [5, 5.41) is 7.12. The van der Waals surface area contributed by atoms with E-state index >= 15 is 0 Å². The Balaban J connectivity index is 1.24. The molecule has 2 aliphatic heterocycles. The van der Waals surface area contributed by atoms with Gasteiger partial charge in [-0.15, -0.1) is 0 Å². The van der Waals surface area contributed by atoms with Gasteiger partial charge in [-0.25, -0.2) is 4.39 Å². The number of nitrogens with two attached hydrogens (primary N) is 1. The largest absolute Gasteiger partial charge is 0.460 e. The Bertz CT molecular complexity index is 1110. The number of amidine groups is 1. The number of pyridine rings is 1. The maximum Gasteiger partial charge on any atom is 0.313 e. The summed E-state index contributed by atoms with van der Waals surface area (Å²) in [6.45, 7) is 2.72. The summed E-state index contributed by atoms with van der Waals surface area (Å²) in [4.78, 5) is 27.4. The van der Waals surface area contributed by atoms with Gasteiger partial charge in [-0.05, 0) is 25.0 Å². The SMILES string of the molecule is Cn1cc(N2CCC(OC3CN(c4cccc(COC(=O)CC(=N)N)c4F)C3)CC2)ccc1=O. The van der Waals surface area contributed by atoms with Crippen molar-refractivity contribution in [2.45, 2.75) is 38.1 Å². The van der Waals surface area contributed by atoms with Gasteiger partial charge in [0, 0.05) is 51.1 Å². The summed E-state index contributed by atoms with van der Waals surface area (Å²) in [6.07, 6.45) is 3.55. The van der Waals surface area contributed by atoms with E-state index in [-0.39, 0.29) is 42.2 Å². The normalized spacial score (nSPS) is 16.9. The van der Waals surface area contributed by atoms with Crippen LogP contribution in [0.4, 0.5) is 15.8 Å². The number of esters is 1. The molecule has 9 nitrogen and oxygen atoms in total. The van der Waals surface area contributed by atoms with Gasteiger partial charge in [0.05, 0.1) is 23.6 Å². The second-order valence-corrected chi connectivity index (χ2v) is 8.80. The van der Waals surface area contributed by atoms with Crippen LogP contribution < -0.4 is 21.1 Å². The summed E-state index contributed by atoms with van der Waals surface area (Å²) < 4.78 is 27.8. The molecular formula is C24H30FN5O4. The second kappa shape index (κ2) is 10.3. The minimum Gasteiger partial charge on any atom is -0.460 e. The molecule has 2 aromatic rings. The Morgan fingerprint density at radius 2 is 1.88 bits per heavy atom. The van der Waals surface area contributed by atoms with Crippen molar-refractivity contribution in [1.29, 1.82) is 5.41 Å². The number of nitrogens with zero attached hydrogens (tertiary/aromatic N) is 3. The number of nitrogens with one attached hydrogen (secondary N) is 1. The smallest absolute Gasteiger partial charge is 0.313 e. The molecule has 0 radical (unpaired) electrons. The number of aromatic nitrogens is 1. The first-order chi connectivity index (χ1) is 16.3. The molecule has 0 saturated carbocycles. The summed E-state index contributed by atoms with van der Waals surface area (Å²) in [5.41, 5.74) is 6.94. The lowest BCUT2D eigenvalue weighted by atomic mass is 10.0. The number of aryl methyl sites for hydroxylation is 1. The molecule has 3 N–H and O–H groups in total. The van der Waals surface area contributed by atoms with Crippen LogP contribution >= 0.6 is 0 Å². The second-order valence-electron chi connectivity index (χ2n) is 8.80. The van der Waals surface area contributed by atoms with Crippen LogP contribution in [0.15, 0.2) is 41.3 Å². The van der Waals surface area contributed by atoms with Crippen molar-refractivity contribution in [3.05, 3.63) is 58.3 Å². The van der Waals surface area contributed by atoms with E-state index in [0.717, 1.165) is 31.6 Å². The van der Waals surface area contributed by atoms with E-state index in [4.69, 9.17) is 20.6 Å². The third-order valence-electron chi connectivity index (χ3n) is 6.23. The molecule has 0 unspecified atom stereocenters. The molecule has 10 heteroatoms. The summed E-state index contributed by atoms with van der Waals surface area (Å²) in [6, 6.07) is 8.46. The van der Waals surface area contributed by atoms with E-state index in [9.17, 15) is 14.0 Å². The van der Waals surface area contributed by atoms with Gasteiger partial charge in [-0.3, -0.25) is 15.0 Å². The minimum atomic E-state index is -0.655. The minimum absolute atomic E-state index is 0.0209. The number of benzene rings is 1. The maximum atomic E-state index is 14.9. The van der Waals surface area contributed by atoms with Crippen molar-refractivity contribution in [2.75, 3.05) is 36.0 Å². The lowest BCUT2D eigenvalue weighted by molar-refractivity contribution is -0.143. The molecule has 0 amide bonds. The molecular weight excluding hydrogens is 441 g/mol. The average Bonchev–Trinajstić information content (AvgIpc) is 2.77. The van der Waals surface area contributed by atoms with Crippen molar-refractivity contribution < 1.29 is 18.7 Å². The topological polar surface area (TPSA) is 114 Å². The zero-order valence-corrected chi connectivity index (χ0v) is 19.2. The van der Waals surface area contributed by atoms with Crippen LogP contribution in [-0.4, -0.2) is 54.8 Å². The number of halogens is 1. The molecule has 34 heavy (non-hydrogen) atoms. The lowest BCUT2D eigenvalue weighted by Crippen LogP contribution is -2.54. The highest BCUT2D eigenvalue weighted by molar-refractivity contribution is 5.94. The molecule has 1 aromatic heterocycles. The van der Waals surface area contributed by atoms with Gasteiger partial charge in [0.15, 0.2) is 5.82 Å². The monoisotopic (exact) mass is 471 g/mol. The van der Waals surface area contributed by atoms with Crippen LogP contribution in [-0.2, 0) is 27.9 Å². The van der Waals surface area contributed by atoms with Crippen molar-refractivity contribution in [2.24, 2.45) is 12.8 Å². The van der Waals surface area contributed by atoms with Gasteiger partial charge >= 0.3 is 5.97 Å². The average molecular weight is 472 g/mol. The van der Waals surface area contributed by atoms with Crippen LogP contribution in [0.25, 0.3) is 0 Å². The van der Waals surface area contributed by atoms with Gasteiger partial charge in [0.25, 0.3) is 0 Å². The van der Waals surface area contributed by atoms with Crippen molar-refractivity contribution >= 4 is 23.2 Å². The Hall–Kier alpha value is -3.40. The first-order valence-corrected chi connectivity index (χ1v) is 11.4. The van der Waals surface area contributed by atoms with Crippen molar-refractivity contribution in [3.8, 4) is 0 Å². The van der Waals surface area contributed by atoms with Crippen LogP contribution in [0, 0.1) is 11.2 Å². The van der Waals surface area contributed by atoms with Crippen molar-refractivity contribution in [1.82, 2.24) is 4.57 Å². The van der Waals surface area contributed by atoms with E-state index < -0.39 is 11.8 Å². The molecule has 2 aliphatic rings. The van der Waals surface area contributed by atoms with E-state index in [2.05, 4.69) is 4.90 Å². The highest BCUT2D eigenvalue weighted by Gasteiger charge is 2.33. The number of carbonyl (C=O) groups is 1. The molecule has 1 aromatic carbocycles. The fourth-order valence-electron chi connectivity index (χ4n) is 4.30. The predicted molar refractivity (Wildman–Crippen MR) is 127 cm³/mol. The predicted octanol–water partition coefficient (Wildman–Crippen LogP) is 1.77. The highest BCUT2D eigenvalue weighted by Crippen LogP contribution is 2.30. The first-order valence-electron chi connectivity index (χ1n) is 11.4.